The van der Waals surface area contributed by atoms with E-state index in [1.165, 1.54) is 57.5 Å². The summed E-state index contributed by atoms with van der Waals surface area (Å²) in [5.41, 5.74) is 1.26. The minimum absolute atomic E-state index is 0.0911. The Labute approximate surface area is 137 Å². The van der Waals surface area contributed by atoms with Gasteiger partial charge in [0, 0.05) is 18.2 Å². The van der Waals surface area contributed by atoms with Gasteiger partial charge in [0.25, 0.3) is 0 Å². The van der Waals surface area contributed by atoms with Crippen molar-refractivity contribution >= 4 is 0 Å². The van der Waals surface area contributed by atoms with Crippen molar-refractivity contribution in [3.8, 4) is 0 Å². The molecule has 0 radical (unpaired) electrons. The second-order valence-corrected chi connectivity index (χ2v) is 7.46. The van der Waals surface area contributed by atoms with Crippen molar-refractivity contribution in [2.45, 2.75) is 44.6 Å². The van der Waals surface area contributed by atoms with Gasteiger partial charge in [0.05, 0.1) is 0 Å². The van der Waals surface area contributed by atoms with Crippen molar-refractivity contribution in [2.75, 3.05) is 32.7 Å². The normalized spacial score (nSPS) is 26.8. The molecule has 2 fully saturated rings. The molecule has 0 N–H and O–H groups in total. The average molecular weight is 320 g/mol. The second kappa shape index (κ2) is 6.48. The number of rotatable bonds is 3. The first-order valence-electron chi connectivity index (χ1n) is 9.15. The van der Waals surface area contributed by atoms with Crippen LogP contribution in [0.15, 0.2) is 12.1 Å². The molecule has 3 aliphatic rings. The van der Waals surface area contributed by atoms with Gasteiger partial charge in [-0.05, 0) is 88.3 Å². The topological polar surface area (TPSA) is 6.48 Å². The zero-order valence-electron chi connectivity index (χ0n) is 13.7. The fraction of sp³-hybridized carbons (Fsp3) is 0.684. The molecular formula is C19H26F2N2. The number of nitrogens with zero attached hydrogens (tertiary/aromatic N) is 2. The Morgan fingerprint density at radius 3 is 2.35 bits per heavy atom. The Balaban J connectivity index is 1.39. The maximum atomic E-state index is 14.2. The standard InChI is InChI=1S/C19H26F2N2/c20-16-4-5-17(21)19-15(16)3-6-18(19)23-11-7-14(8-12-23)13-22-9-1-2-10-22/h4-5,14,18H,1-3,6-13H2/t18-/m0/s1. The number of likely N-dealkylation sites (tertiary alicyclic amines) is 2. The Kier molecular flexibility index (Phi) is 4.37. The summed E-state index contributed by atoms with van der Waals surface area (Å²) in [6.45, 7) is 5.82. The van der Waals surface area contributed by atoms with Crippen molar-refractivity contribution < 1.29 is 8.78 Å². The molecule has 2 saturated heterocycles. The highest BCUT2D eigenvalue weighted by Crippen LogP contribution is 2.40. The van der Waals surface area contributed by atoms with E-state index in [0.717, 1.165) is 25.4 Å². The molecule has 1 aromatic carbocycles. The number of hydrogen-bond acceptors (Lipinski definition) is 2. The minimum Gasteiger partial charge on any atom is -0.303 e. The molecule has 0 spiro atoms. The van der Waals surface area contributed by atoms with Crippen LogP contribution in [0.5, 0.6) is 0 Å². The van der Waals surface area contributed by atoms with Crippen LogP contribution in [0.4, 0.5) is 8.78 Å². The predicted octanol–water partition coefficient (Wildman–Crippen LogP) is 3.76. The SMILES string of the molecule is Fc1ccc(F)c2c1CC[C@@H]2N1CCC(CN2CCCC2)CC1. The van der Waals surface area contributed by atoms with Crippen molar-refractivity contribution in [1.82, 2.24) is 9.80 Å². The van der Waals surface area contributed by atoms with E-state index in [1.807, 2.05) is 0 Å². The van der Waals surface area contributed by atoms with E-state index < -0.39 is 0 Å². The molecule has 4 heteroatoms. The maximum absolute atomic E-state index is 14.2. The van der Waals surface area contributed by atoms with Crippen LogP contribution in [0.25, 0.3) is 0 Å². The summed E-state index contributed by atoms with van der Waals surface area (Å²) in [5, 5.41) is 0. The molecule has 0 aromatic heterocycles. The van der Waals surface area contributed by atoms with Crippen molar-refractivity contribution in [2.24, 2.45) is 5.92 Å². The first-order valence-corrected chi connectivity index (χ1v) is 9.15. The van der Waals surface area contributed by atoms with Crippen LogP contribution in [-0.4, -0.2) is 42.5 Å². The third kappa shape index (κ3) is 3.03. The first-order chi connectivity index (χ1) is 11.2. The second-order valence-electron chi connectivity index (χ2n) is 7.46. The molecule has 1 aliphatic carbocycles. The van der Waals surface area contributed by atoms with Crippen LogP contribution in [0.1, 0.15) is 49.3 Å². The Morgan fingerprint density at radius 1 is 0.913 bits per heavy atom. The third-order valence-electron chi connectivity index (χ3n) is 6.05. The molecule has 126 valence electrons. The molecule has 0 bridgehead atoms. The number of piperidine rings is 1. The van der Waals surface area contributed by atoms with Gasteiger partial charge in [0.2, 0.25) is 0 Å². The lowest BCUT2D eigenvalue weighted by Gasteiger charge is -2.37. The van der Waals surface area contributed by atoms with Gasteiger partial charge in [-0.3, -0.25) is 4.90 Å². The van der Waals surface area contributed by atoms with Crippen LogP contribution in [0.3, 0.4) is 0 Å². The molecular weight excluding hydrogens is 294 g/mol. The fourth-order valence-corrected chi connectivity index (χ4v) is 4.79. The van der Waals surface area contributed by atoms with Gasteiger partial charge in [-0.2, -0.15) is 0 Å². The molecule has 4 rings (SSSR count). The molecule has 2 heterocycles. The number of benzene rings is 1. The van der Waals surface area contributed by atoms with Gasteiger partial charge < -0.3 is 4.90 Å². The van der Waals surface area contributed by atoms with Crippen LogP contribution >= 0.6 is 0 Å². The molecule has 0 saturated carbocycles. The van der Waals surface area contributed by atoms with E-state index in [2.05, 4.69) is 9.80 Å². The quantitative estimate of drug-likeness (QED) is 0.837. The molecule has 23 heavy (non-hydrogen) atoms. The fourth-order valence-electron chi connectivity index (χ4n) is 4.79. The van der Waals surface area contributed by atoms with Crippen LogP contribution < -0.4 is 0 Å². The summed E-state index contributed by atoms with van der Waals surface area (Å²) in [5.74, 6) is 0.332. The Hall–Kier alpha value is -1.00. The van der Waals surface area contributed by atoms with E-state index >= 15 is 0 Å². The molecule has 2 aliphatic heterocycles. The zero-order valence-corrected chi connectivity index (χ0v) is 13.7. The molecule has 1 atom stereocenters. The van der Waals surface area contributed by atoms with E-state index in [1.54, 1.807) is 0 Å². The lowest BCUT2D eigenvalue weighted by Crippen LogP contribution is -2.39. The largest absolute Gasteiger partial charge is 0.303 e. The first kappa shape index (κ1) is 15.5. The van der Waals surface area contributed by atoms with E-state index in [-0.39, 0.29) is 17.7 Å². The molecule has 0 unspecified atom stereocenters. The molecule has 2 nitrogen and oxygen atoms in total. The van der Waals surface area contributed by atoms with E-state index in [9.17, 15) is 8.78 Å². The van der Waals surface area contributed by atoms with Crippen LogP contribution in [-0.2, 0) is 6.42 Å². The maximum Gasteiger partial charge on any atom is 0.128 e. The monoisotopic (exact) mass is 320 g/mol. The molecule has 0 amide bonds. The van der Waals surface area contributed by atoms with Crippen molar-refractivity contribution in [1.29, 1.82) is 0 Å². The van der Waals surface area contributed by atoms with E-state index in [0.29, 0.717) is 17.5 Å². The van der Waals surface area contributed by atoms with Crippen molar-refractivity contribution in [3.63, 3.8) is 0 Å². The smallest absolute Gasteiger partial charge is 0.128 e. The van der Waals surface area contributed by atoms with Crippen LogP contribution in [0.2, 0.25) is 0 Å². The third-order valence-corrected chi connectivity index (χ3v) is 6.05. The highest BCUT2D eigenvalue weighted by molar-refractivity contribution is 5.37. The highest BCUT2D eigenvalue weighted by atomic mass is 19.1. The van der Waals surface area contributed by atoms with E-state index in [4.69, 9.17) is 0 Å². The average Bonchev–Trinajstić information content (AvgIpc) is 3.22. The number of fused-ring (bicyclic) bond motifs is 1. The summed E-state index contributed by atoms with van der Waals surface area (Å²) < 4.78 is 28.1. The number of hydrogen-bond donors (Lipinski definition) is 0. The van der Waals surface area contributed by atoms with Gasteiger partial charge in [-0.15, -0.1) is 0 Å². The van der Waals surface area contributed by atoms with Gasteiger partial charge in [-0.1, -0.05) is 0 Å². The highest BCUT2D eigenvalue weighted by Gasteiger charge is 2.34. The van der Waals surface area contributed by atoms with Crippen LogP contribution in [0, 0.1) is 17.6 Å². The summed E-state index contributed by atoms with van der Waals surface area (Å²) >= 11 is 0. The minimum atomic E-state index is -0.229. The zero-order chi connectivity index (χ0) is 15.8. The summed E-state index contributed by atoms with van der Waals surface area (Å²) in [6.07, 6.45) is 6.63. The summed E-state index contributed by atoms with van der Waals surface area (Å²) in [6, 6.07) is 2.67. The summed E-state index contributed by atoms with van der Waals surface area (Å²) in [7, 11) is 0. The Bertz CT molecular complexity index is 561. The predicted molar refractivity (Wildman–Crippen MR) is 87.4 cm³/mol. The Morgan fingerprint density at radius 2 is 1.61 bits per heavy atom. The number of halogens is 2. The van der Waals surface area contributed by atoms with Gasteiger partial charge in [0.1, 0.15) is 11.6 Å². The van der Waals surface area contributed by atoms with Crippen molar-refractivity contribution in [3.05, 3.63) is 34.9 Å². The van der Waals surface area contributed by atoms with Gasteiger partial charge in [-0.25, -0.2) is 8.78 Å². The lowest BCUT2D eigenvalue weighted by atomic mass is 9.94. The van der Waals surface area contributed by atoms with Gasteiger partial charge in [0.15, 0.2) is 0 Å². The lowest BCUT2D eigenvalue weighted by molar-refractivity contribution is 0.113. The van der Waals surface area contributed by atoms with Gasteiger partial charge >= 0.3 is 0 Å². The molecule has 1 aromatic rings. The summed E-state index contributed by atoms with van der Waals surface area (Å²) in [4.78, 5) is 5.00.